The van der Waals surface area contributed by atoms with Crippen molar-refractivity contribution in [2.75, 3.05) is 0 Å². The maximum Gasteiger partial charge on any atom is 0.460 e. The lowest BCUT2D eigenvalue weighted by atomic mass is 9.90. The Kier molecular flexibility index (Phi) is 7.22. The fourth-order valence-corrected chi connectivity index (χ4v) is 2.17. The maximum absolute atomic E-state index is 13.7. The summed E-state index contributed by atoms with van der Waals surface area (Å²) < 4.78 is 223. The second kappa shape index (κ2) is 8.28. The zero-order valence-corrected chi connectivity index (χ0v) is 16.1. The van der Waals surface area contributed by atoms with Crippen molar-refractivity contribution >= 4 is 6.21 Å². The number of aliphatic imine (C=N–C) groups is 1. The van der Waals surface area contributed by atoms with E-state index in [1.54, 1.807) is 0 Å². The first-order chi connectivity index (χ1) is 15.1. The molecule has 0 aliphatic carbocycles. The molecule has 1 aromatic rings. The summed E-state index contributed by atoms with van der Waals surface area (Å²) in [5.74, 6) is -51.5. The minimum Gasteiger partial charge on any atom is -0.507 e. The summed E-state index contributed by atoms with van der Waals surface area (Å²) in [6.45, 7) is 1.08. The van der Waals surface area contributed by atoms with Crippen LogP contribution in [0, 0.1) is 6.92 Å². The Labute approximate surface area is 182 Å². The molecule has 0 fully saturated rings. The Bertz CT molecular complexity index is 963. The summed E-state index contributed by atoms with van der Waals surface area (Å²) in [4.78, 5) is 1.47. The molecule has 0 spiro atoms. The third kappa shape index (κ3) is 4.23. The molecule has 35 heavy (non-hydrogen) atoms. The Morgan fingerprint density at radius 2 is 0.971 bits per heavy atom. The molecule has 0 atom stereocenters. The first-order valence-electron chi connectivity index (χ1n) is 8.20. The lowest BCUT2D eigenvalue weighted by molar-refractivity contribution is -0.461. The molecule has 0 saturated carbocycles. The van der Waals surface area contributed by atoms with Crippen LogP contribution in [0.3, 0.4) is 0 Å². The topological polar surface area (TPSA) is 32.6 Å². The molecule has 0 unspecified atom stereocenters. The molecule has 0 bridgehead atoms. The second-order valence-electron chi connectivity index (χ2n) is 6.76. The zero-order valence-electron chi connectivity index (χ0n) is 16.1. The summed E-state index contributed by atoms with van der Waals surface area (Å²) in [7, 11) is 0. The number of hydrogen-bond donors (Lipinski definition) is 1. The molecule has 0 heterocycles. The van der Waals surface area contributed by atoms with Crippen LogP contribution in [-0.4, -0.2) is 59.1 Å². The number of hydrogen-bond acceptors (Lipinski definition) is 2. The molecular weight excluding hydrogens is 545 g/mol. The van der Waals surface area contributed by atoms with Crippen LogP contribution in [0.1, 0.15) is 11.1 Å². The van der Waals surface area contributed by atoms with E-state index in [0.717, 1.165) is 19.1 Å². The highest BCUT2D eigenvalue weighted by molar-refractivity contribution is 5.84. The number of phenolic OH excluding ortho intramolecular Hbond substituents is 1. The zero-order chi connectivity index (χ0) is 28.3. The van der Waals surface area contributed by atoms with Gasteiger partial charge in [-0.15, -0.1) is 0 Å². The van der Waals surface area contributed by atoms with Crippen molar-refractivity contribution in [1.29, 1.82) is 0 Å². The number of nitrogens with zero attached hydrogens (tertiary/aromatic N) is 1. The van der Waals surface area contributed by atoms with Crippen LogP contribution < -0.4 is 0 Å². The first kappa shape index (κ1) is 30.5. The Balaban J connectivity index is 3.62. The monoisotopic (exact) mass is 553 g/mol. The van der Waals surface area contributed by atoms with E-state index in [1.165, 1.54) is 4.99 Å². The largest absolute Gasteiger partial charge is 0.507 e. The van der Waals surface area contributed by atoms with Gasteiger partial charge in [0.1, 0.15) is 5.75 Å². The van der Waals surface area contributed by atoms with E-state index < -0.39 is 65.3 Å². The number of alkyl halides is 17. The SMILES string of the molecule is Cc1cccc(/C=N/C(F)(F)C(F)(F)C(F)(F)C(F)(F)C(F)(F)C(F)(F)C(F)(F)C(F)(F)F)c1O. The van der Waals surface area contributed by atoms with Gasteiger partial charge in [-0.05, 0) is 18.6 Å². The van der Waals surface area contributed by atoms with Gasteiger partial charge in [0.2, 0.25) is 0 Å². The first-order valence-corrected chi connectivity index (χ1v) is 8.20. The maximum atomic E-state index is 13.7. The van der Waals surface area contributed by atoms with Gasteiger partial charge in [0.05, 0.1) is 0 Å². The van der Waals surface area contributed by atoms with Crippen LogP contribution in [0.25, 0.3) is 0 Å². The molecule has 0 aliphatic rings. The minimum atomic E-state index is -8.69. The highest BCUT2D eigenvalue weighted by atomic mass is 19.4. The van der Waals surface area contributed by atoms with E-state index in [0.29, 0.717) is 6.07 Å². The number of aromatic hydroxyl groups is 1. The summed E-state index contributed by atoms with van der Waals surface area (Å²) in [5.41, 5.74) is -1.13. The van der Waals surface area contributed by atoms with E-state index in [1.807, 2.05) is 0 Å². The van der Waals surface area contributed by atoms with Crippen LogP contribution >= 0.6 is 0 Å². The van der Waals surface area contributed by atoms with E-state index in [9.17, 15) is 79.7 Å². The van der Waals surface area contributed by atoms with Crippen molar-refractivity contribution in [2.24, 2.45) is 4.99 Å². The lowest BCUT2D eigenvalue weighted by Gasteiger charge is -2.42. The Morgan fingerprint density at radius 3 is 1.37 bits per heavy atom. The molecule has 0 aliphatic heterocycles. The Hall–Kier alpha value is -2.50. The summed E-state index contributed by atoms with van der Waals surface area (Å²) in [6, 6.07) is -4.29. The summed E-state index contributed by atoms with van der Waals surface area (Å²) >= 11 is 0. The van der Waals surface area contributed by atoms with Crippen molar-refractivity contribution in [3.63, 3.8) is 0 Å². The van der Waals surface area contributed by atoms with Crippen LogP contribution in [0.15, 0.2) is 23.2 Å². The number of phenols is 1. The fourth-order valence-electron chi connectivity index (χ4n) is 2.17. The molecule has 202 valence electrons. The Morgan fingerprint density at radius 1 is 0.600 bits per heavy atom. The molecule has 1 rings (SSSR count). The molecule has 2 nitrogen and oxygen atoms in total. The van der Waals surface area contributed by atoms with Crippen molar-refractivity contribution in [1.82, 2.24) is 0 Å². The number of halogens is 17. The molecular formula is C16H8F17NO. The van der Waals surface area contributed by atoms with Crippen molar-refractivity contribution in [3.05, 3.63) is 29.3 Å². The van der Waals surface area contributed by atoms with E-state index >= 15 is 0 Å². The van der Waals surface area contributed by atoms with Gasteiger partial charge in [-0.25, -0.2) is 4.99 Å². The van der Waals surface area contributed by atoms with E-state index in [-0.39, 0.29) is 5.56 Å². The van der Waals surface area contributed by atoms with Gasteiger partial charge in [-0.2, -0.15) is 74.6 Å². The quantitative estimate of drug-likeness (QED) is 0.208. The third-order valence-corrected chi connectivity index (χ3v) is 4.34. The van der Waals surface area contributed by atoms with Crippen LogP contribution in [0.5, 0.6) is 5.75 Å². The number of aryl methyl sites for hydroxylation is 1. The molecule has 0 saturated heterocycles. The van der Waals surface area contributed by atoms with Gasteiger partial charge >= 0.3 is 47.8 Å². The van der Waals surface area contributed by atoms with Crippen molar-refractivity contribution < 1.29 is 79.7 Å². The van der Waals surface area contributed by atoms with Gasteiger partial charge in [-0.1, -0.05) is 12.1 Å². The molecule has 0 radical (unpaired) electrons. The summed E-state index contributed by atoms with van der Waals surface area (Å²) in [6.07, 6.45) is -8.35. The minimum absolute atomic E-state index is 0.173. The lowest BCUT2D eigenvalue weighted by Crippen LogP contribution is -2.74. The normalized spacial score (nSPS) is 15.7. The van der Waals surface area contributed by atoms with Gasteiger partial charge in [-0.3, -0.25) is 0 Å². The van der Waals surface area contributed by atoms with E-state index in [2.05, 4.69) is 0 Å². The highest BCUT2D eigenvalue weighted by Crippen LogP contribution is 2.64. The average molecular weight is 553 g/mol. The fraction of sp³-hybridized carbons (Fsp3) is 0.562. The van der Waals surface area contributed by atoms with Gasteiger partial charge in [0.15, 0.2) is 0 Å². The standard InChI is InChI=1S/C16H8F17NO/c1-6-3-2-4-7(8(6)35)5-34-16(32,33)14(27,28)12(23,24)10(19,20)9(17,18)11(21,22)13(25,26)15(29,30)31/h2-5,35H,1H3/b34-5+. The molecule has 0 aromatic heterocycles. The predicted octanol–water partition coefficient (Wildman–Crippen LogP) is 7.09. The predicted molar refractivity (Wildman–Crippen MR) is 81.1 cm³/mol. The van der Waals surface area contributed by atoms with Crippen LogP contribution in [-0.2, 0) is 0 Å². The molecule has 0 amide bonds. The highest BCUT2D eigenvalue weighted by Gasteiger charge is 2.95. The molecule has 1 aromatic carbocycles. The van der Waals surface area contributed by atoms with Crippen LogP contribution in [0.4, 0.5) is 74.6 Å². The number of benzene rings is 1. The van der Waals surface area contributed by atoms with Gasteiger partial charge in [0, 0.05) is 11.8 Å². The van der Waals surface area contributed by atoms with Gasteiger partial charge < -0.3 is 5.11 Å². The second-order valence-corrected chi connectivity index (χ2v) is 6.76. The smallest absolute Gasteiger partial charge is 0.460 e. The average Bonchev–Trinajstić information content (AvgIpc) is 2.67. The van der Waals surface area contributed by atoms with Crippen molar-refractivity contribution in [2.45, 2.75) is 54.7 Å². The van der Waals surface area contributed by atoms with Gasteiger partial charge in [0.25, 0.3) is 0 Å². The molecule has 1 N–H and O–H groups in total. The van der Waals surface area contributed by atoms with E-state index in [4.69, 9.17) is 0 Å². The van der Waals surface area contributed by atoms with Crippen LogP contribution in [0.2, 0.25) is 0 Å². The third-order valence-electron chi connectivity index (χ3n) is 4.34. The summed E-state index contributed by atoms with van der Waals surface area (Å²) in [5, 5.41) is 9.49. The number of rotatable bonds is 8. The molecule has 19 heteroatoms. The van der Waals surface area contributed by atoms with Crippen molar-refractivity contribution in [3.8, 4) is 5.75 Å². The number of para-hydroxylation sites is 1.